The minimum atomic E-state index is -0.487. The summed E-state index contributed by atoms with van der Waals surface area (Å²) < 4.78 is 13.0. The lowest BCUT2D eigenvalue weighted by Crippen LogP contribution is -2.48. The normalized spacial score (nSPS) is 11.7. The van der Waals surface area contributed by atoms with Crippen LogP contribution in [0, 0.1) is 11.2 Å². The highest BCUT2D eigenvalue weighted by Gasteiger charge is 2.34. The fourth-order valence-corrected chi connectivity index (χ4v) is 2.44. The molecule has 3 N–H and O–H groups in total. The molecule has 126 valence electrons. The Bertz CT molecular complexity index is 462. The van der Waals surface area contributed by atoms with Gasteiger partial charge in [0.05, 0.1) is 5.41 Å². The van der Waals surface area contributed by atoms with E-state index >= 15 is 0 Å². The third kappa shape index (κ3) is 4.68. The number of hydrogen-bond acceptors (Lipinski definition) is 2. The molecule has 1 aromatic rings. The number of nitrogens with two attached hydrogens (primary N) is 1. The first-order valence-electron chi connectivity index (χ1n) is 7.55. The van der Waals surface area contributed by atoms with Crippen LogP contribution in [0.25, 0.3) is 0 Å². The molecular weight excluding hydrogens is 303 g/mol. The molecule has 0 unspecified atom stereocenters. The molecule has 0 fully saturated rings. The number of nitrogens with one attached hydrogen (secondary N) is 1. The lowest BCUT2D eigenvalue weighted by atomic mass is 9.80. The van der Waals surface area contributed by atoms with Crippen LogP contribution >= 0.6 is 12.4 Å². The standard InChI is InChI=1S/C17H27FN2O.ClH/c1-5-17(6-2,11-19)15(21)20-12-16(3,4)13-7-9-14(18)10-8-13;/h7-10H,5-6,11-12,19H2,1-4H3,(H,20,21);1H. The monoisotopic (exact) mass is 330 g/mol. The van der Waals surface area contributed by atoms with Crippen LogP contribution < -0.4 is 11.1 Å². The topological polar surface area (TPSA) is 55.1 Å². The fraction of sp³-hybridized carbons (Fsp3) is 0.588. The van der Waals surface area contributed by atoms with Crippen LogP contribution in [0.2, 0.25) is 0 Å². The molecule has 0 atom stereocenters. The Morgan fingerprint density at radius 1 is 1.18 bits per heavy atom. The van der Waals surface area contributed by atoms with Gasteiger partial charge in [0.1, 0.15) is 5.82 Å². The van der Waals surface area contributed by atoms with Gasteiger partial charge in [0.15, 0.2) is 0 Å². The van der Waals surface area contributed by atoms with Gasteiger partial charge in [0, 0.05) is 18.5 Å². The van der Waals surface area contributed by atoms with Crippen molar-refractivity contribution in [3.63, 3.8) is 0 Å². The van der Waals surface area contributed by atoms with Gasteiger partial charge in [-0.3, -0.25) is 4.79 Å². The smallest absolute Gasteiger partial charge is 0.227 e. The van der Waals surface area contributed by atoms with Crippen molar-refractivity contribution >= 4 is 18.3 Å². The minimum Gasteiger partial charge on any atom is -0.355 e. The molecule has 1 rings (SSSR count). The molecule has 0 aromatic heterocycles. The molecule has 0 spiro atoms. The van der Waals surface area contributed by atoms with Gasteiger partial charge in [0.2, 0.25) is 5.91 Å². The van der Waals surface area contributed by atoms with E-state index in [1.807, 2.05) is 27.7 Å². The zero-order chi connectivity index (χ0) is 16.1. The third-order valence-corrected chi connectivity index (χ3v) is 4.54. The molecule has 1 amide bonds. The summed E-state index contributed by atoms with van der Waals surface area (Å²) in [5.41, 5.74) is 6.04. The van der Waals surface area contributed by atoms with Crippen molar-refractivity contribution in [2.24, 2.45) is 11.1 Å². The second-order valence-electron chi connectivity index (χ2n) is 6.27. The number of halogens is 2. The van der Waals surface area contributed by atoms with Gasteiger partial charge in [-0.05, 0) is 30.5 Å². The molecule has 0 aliphatic heterocycles. The first-order valence-corrected chi connectivity index (χ1v) is 7.55. The molecule has 0 saturated carbocycles. The van der Waals surface area contributed by atoms with E-state index in [9.17, 15) is 9.18 Å². The number of benzene rings is 1. The van der Waals surface area contributed by atoms with Crippen LogP contribution in [0.15, 0.2) is 24.3 Å². The van der Waals surface area contributed by atoms with Crippen molar-refractivity contribution < 1.29 is 9.18 Å². The van der Waals surface area contributed by atoms with E-state index in [2.05, 4.69) is 5.32 Å². The highest BCUT2D eigenvalue weighted by atomic mass is 35.5. The average molecular weight is 331 g/mol. The van der Waals surface area contributed by atoms with E-state index in [-0.39, 0.29) is 29.5 Å². The van der Waals surface area contributed by atoms with E-state index in [1.54, 1.807) is 12.1 Å². The fourth-order valence-electron chi connectivity index (χ4n) is 2.44. The molecule has 0 aliphatic rings. The Morgan fingerprint density at radius 2 is 1.68 bits per heavy atom. The average Bonchev–Trinajstić information content (AvgIpc) is 2.48. The Morgan fingerprint density at radius 3 is 2.09 bits per heavy atom. The Labute approximate surface area is 139 Å². The van der Waals surface area contributed by atoms with Crippen LogP contribution in [-0.2, 0) is 10.2 Å². The van der Waals surface area contributed by atoms with Crippen molar-refractivity contribution in [1.82, 2.24) is 5.32 Å². The van der Waals surface area contributed by atoms with Crippen molar-refractivity contribution in [1.29, 1.82) is 0 Å². The van der Waals surface area contributed by atoms with Crippen LogP contribution in [0.1, 0.15) is 46.1 Å². The maximum absolute atomic E-state index is 13.0. The summed E-state index contributed by atoms with van der Waals surface area (Å²) in [6, 6.07) is 6.41. The molecular formula is C17H28ClFN2O. The van der Waals surface area contributed by atoms with Gasteiger partial charge < -0.3 is 11.1 Å². The Balaban J connectivity index is 0.00000441. The third-order valence-electron chi connectivity index (χ3n) is 4.54. The van der Waals surface area contributed by atoms with Crippen LogP contribution in [-0.4, -0.2) is 19.0 Å². The molecule has 3 nitrogen and oxygen atoms in total. The number of rotatable bonds is 7. The molecule has 0 bridgehead atoms. The van der Waals surface area contributed by atoms with Crippen molar-refractivity contribution in [3.05, 3.63) is 35.6 Å². The molecule has 0 heterocycles. The SMILES string of the molecule is CCC(CC)(CN)C(=O)NCC(C)(C)c1ccc(F)cc1.Cl. The number of carbonyl (C=O) groups is 1. The summed E-state index contributed by atoms with van der Waals surface area (Å²) in [6.07, 6.45) is 1.45. The maximum atomic E-state index is 13.0. The predicted molar refractivity (Wildman–Crippen MR) is 91.8 cm³/mol. The zero-order valence-electron chi connectivity index (χ0n) is 13.9. The molecule has 0 saturated heterocycles. The lowest BCUT2D eigenvalue weighted by molar-refractivity contribution is -0.131. The number of carbonyl (C=O) groups excluding carboxylic acids is 1. The van der Waals surface area contributed by atoms with E-state index in [1.165, 1.54) is 12.1 Å². The Kier molecular flexibility index (Phi) is 8.05. The van der Waals surface area contributed by atoms with E-state index < -0.39 is 5.41 Å². The van der Waals surface area contributed by atoms with Gasteiger partial charge in [-0.2, -0.15) is 0 Å². The summed E-state index contributed by atoms with van der Waals surface area (Å²) in [5, 5.41) is 3.02. The zero-order valence-corrected chi connectivity index (χ0v) is 14.7. The summed E-state index contributed by atoms with van der Waals surface area (Å²) in [6.45, 7) is 8.88. The summed E-state index contributed by atoms with van der Waals surface area (Å²) in [7, 11) is 0. The van der Waals surface area contributed by atoms with Crippen molar-refractivity contribution in [2.75, 3.05) is 13.1 Å². The van der Waals surface area contributed by atoms with Crippen LogP contribution in [0.4, 0.5) is 4.39 Å². The summed E-state index contributed by atoms with van der Waals surface area (Å²) in [4.78, 5) is 12.4. The second-order valence-corrected chi connectivity index (χ2v) is 6.27. The Hall–Kier alpha value is -1.13. The molecule has 5 heteroatoms. The van der Waals surface area contributed by atoms with Crippen LogP contribution in [0.3, 0.4) is 0 Å². The lowest BCUT2D eigenvalue weighted by Gasteiger charge is -2.32. The van der Waals surface area contributed by atoms with Crippen molar-refractivity contribution in [3.8, 4) is 0 Å². The minimum absolute atomic E-state index is 0. The van der Waals surface area contributed by atoms with Crippen molar-refractivity contribution in [2.45, 2.75) is 46.0 Å². The van der Waals surface area contributed by atoms with E-state index in [4.69, 9.17) is 5.73 Å². The first kappa shape index (κ1) is 20.9. The second kappa shape index (κ2) is 8.49. The number of hydrogen-bond donors (Lipinski definition) is 2. The van der Waals surface area contributed by atoms with E-state index in [0.717, 1.165) is 18.4 Å². The maximum Gasteiger partial charge on any atom is 0.227 e. The van der Waals surface area contributed by atoms with Gasteiger partial charge in [0.25, 0.3) is 0 Å². The number of amides is 1. The first-order chi connectivity index (χ1) is 9.81. The highest BCUT2D eigenvalue weighted by Crippen LogP contribution is 2.27. The van der Waals surface area contributed by atoms with Gasteiger partial charge in [-0.1, -0.05) is 39.8 Å². The molecule has 1 aromatic carbocycles. The predicted octanol–water partition coefficient (Wildman–Crippen LogP) is 3.41. The quantitative estimate of drug-likeness (QED) is 0.805. The van der Waals surface area contributed by atoms with Gasteiger partial charge in [-0.15, -0.1) is 12.4 Å². The van der Waals surface area contributed by atoms with E-state index in [0.29, 0.717) is 13.1 Å². The van der Waals surface area contributed by atoms with Crippen LogP contribution in [0.5, 0.6) is 0 Å². The van der Waals surface area contributed by atoms with Gasteiger partial charge in [-0.25, -0.2) is 4.39 Å². The summed E-state index contributed by atoms with van der Waals surface area (Å²) in [5.74, 6) is -0.247. The summed E-state index contributed by atoms with van der Waals surface area (Å²) >= 11 is 0. The molecule has 0 aliphatic carbocycles. The largest absolute Gasteiger partial charge is 0.355 e. The molecule has 22 heavy (non-hydrogen) atoms. The highest BCUT2D eigenvalue weighted by molar-refractivity contribution is 5.85. The molecule has 0 radical (unpaired) electrons. The van der Waals surface area contributed by atoms with Gasteiger partial charge >= 0.3 is 0 Å².